The summed E-state index contributed by atoms with van der Waals surface area (Å²) in [4.78, 5) is 0.394. The minimum absolute atomic E-state index is 0.234. The zero-order chi connectivity index (χ0) is 13.8. The Kier molecular flexibility index (Phi) is 4.98. The quantitative estimate of drug-likeness (QED) is 0.764. The van der Waals surface area contributed by atoms with Crippen LogP contribution in [0.2, 0.25) is 0 Å². The fraction of sp³-hybridized carbons (Fsp3) is 0.467. The molecule has 0 radical (unpaired) electrons. The monoisotopic (exact) mass is 264 g/mol. The second-order valence-electron chi connectivity index (χ2n) is 4.68. The Balaban J connectivity index is 3.18. The Labute approximate surface area is 110 Å². The van der Waals surface area contributed by atoms with Crippen molar-refractivity contribution in [2.75, 3.05) is 0 Å². The Bertz CT molecular complexity index is 536. The zero-order valence-electron chi connectivity index (χ0n) is 11.2. The fourth-order valence-corrected chi connectivity index (χ4v) is 2.97. The van der Waals surface area contributed by atoms with Crippen molar-refractivity contribution in [3.63, 3.8) is 0 Å². The van der Waals surface area contributed by atoms with Gasteiger partial charge in [-0.3, -0.25) is 0 Å². The van der Waals surface area contributed by atoms with E-state index in [1.54, 1.807) is 32.0 Å². The molecule has 0 spiro atoms. The third-order valence-electron chi connectivity index (χ3n) is 3.14. The highest BCUT2D eigenvalue weighted by Crippen LogP contribution is 2.26. The molecule has 0 saturated carbocycles. The third-order valence-corrected chi connectivity index (χ3v) is 5.29. The van der Waals surface area contributed by atoms with Gasteiger partial charge in [0.2, 0.25) is 0 Å². The van der Waals surface area contributed by atoms with Gasteiger partial charge in [0.1, 0.15) is 0 Å². The molecule has 1 rings (SSSR count). The van der Waals surface area contributed by atoms with Gasteiger partial charge in [0, 0.05) is 6.42 Å². The number of benzene rings is 1. The van der Waals surface area contributed by atoms with Crippen LogP contribution in [0.5, 0.6) is 0 Å². The maximum absolute atomic E-state index is 12.1. The lowest BCUT2D eigenvalue weighted by Gasteiger charge is -2.14. The van der Waals surface area contributed by atoms with Crippen molar-refractivity contribution in [1.82, 2.24) is 0 Å². The number of terminal acetylenes is 1. The predicted molar refractivity (Wildman–Crippen MR) is 75.2 cm³/mol. The molecule has 1 aromatic carbocycles. The molecule has 0 amide bonds. The van der Waals surface area contributed by atoms with E-state index in [-0.39, 0.29) is 5.92 Å². The van der Waals surface area contributed by atoms with Crippen molar-refractivity contribution in [3.8, 4) is 12.3 Å². The summed E-state index contributed by atoms with van der Waals surface area (Å²) in [5, 5.41) is -0.402. The highest BCUT2D eigenvalue weighted by Gasteiger charge is 2.20. The normalized spacial score (nSPS) is 13.3. The first-order valence-electron chi connectivity index (χ1n) is 6.20. The number of sulfone groups is 1. The van der Waals surface area contributed by atoms with Gasteiger partial charge in [-0.05, 0) is 43.9 Å². The van der Waals surface area contributed by atoms with E-state index < -0.39 is 15.1 Å². The third kappa shape index (κ3) is 3.14. The topological polar surface area (TPSA) is 34.1 Å². The minimum Gasteiger partial charge on any atom is -0.223 e. The molecule has 3 heteroatoms. The van der Waals surface area contributed by atoms with Gasteiger partial charge in [-0.25, -0.2) is 8.42 Å². The van der Waals surface area contributed by atoms with Crippen LogP contribution in [0.25, 0.3) is 0 Å². The van der Waals surface area contributed by atoms with Crippen molar-refractivity contribution in [2.45, 2.75) is 49.7 Å². The standard InChI is InChI=1S/C15H20O2S/c1-5-8-13(6-2)14-9-7-10-15(11-14)18(16,17)12(3)4/h1,7,9-13H,6,8H2,2-4H3. The second-order valence-corrected chi connectivity index (χ2v) is 7.18. The van der Waals surface area contributed by atoms with Gasteiger partial charge < -0.3 is 0 Å². The van der Waals surface area contributed by atoms with Gasteiger partial charge in [0.15, 0.2) is 9.84 Å². The van der Waals surface area contributed by atoms with Crippen molar-refractivity contribution >= 4 is 9.84 Å². The average Bonchev–Trinajstić information content (AvgIpc) is 2.35. The fourth-order valence-electron chi connectivity index (χ4n) is 1.86. The van der Waals surface area contributed by atoms with Crippen molar-refractivity contribution in [3.05, 3.63) is 29.8 Å². The molecule has 0 aliphatic heterocycles. The molecule has 0 N–H and O–H groups in total. The van der Waals surface area contributed by atoms with Crippen LogP contribution in [0.4, 0.5) is 0 Å². The maximum Gasteiger partial charge on any atom is 0.180 e. The largest absolute Gasteiger partial charge is 0.223 e. The Hall–Kier alpha value is -1.27. The van der Waals surface area contributed by atoms with Crippen LogP contribution in [-0.2, 0) is 9.84 Å². The maximum atomic E-state index is 12.1. The van der Waals surface area contributed by atoms with Gasteiger partial charge in [-0.2, -0.15) is 0 Å². The smallest absolute Gasteiger partial charge is 0.180 e. The average molecular weight is 264 g/mol. The lowest BCUT2D eigenvalue weighted by atomic mass is 9.94. The number of hydrogen-bond acceptors (Lipinski definition) is 2. The van der Waals surface area contributed by atoms with Gasteiger partial charge in [-0.15, -0.1) is 12.3 Å². The Morgan fingerprint density at radius 1 is 1.33 bits per heavy atom. The van der Waals surface area contributed by atoms with Crippen LogP contribution in [0.1, 0.15) is 45.1 Å². The molecule has 1 atom stereocenters. The van der Waals surface area contributed by atoms with Crippen molar-refractivity contribution in [1.29, 1.82) is 0 Å². The molecule has 0 bridgehead atoms. The SMILES string of the molecule is C#CCC(CC)c1cccc(S(=O)(=O)C(C)C)c1. The summed E-state index contributed by atoms with van der Waals surface area (Å²) < 4.78 is 24.2. The lowest BCUT2D eigenvalue weighted by molar-refractivity contribution is 0.586. The first-order chi connectivity index (χ1) is 8.43. The summed E-state index contributed by atoms with van der Waals surface area (Å²) in [5.41, 5.74) is 1.01. The molecule has 18 heavy (non-hydrogen) atoms. The summed E-state index contributed by atoms with van der Waals surface area (Å²) in [6.45, 7) is 5.45. The van der Waals surface area contributed by atoms with Gasteiger partial charge >= 0.3 is 0 Å². The molecule has 0 aliphatic carbocycles. The first-order valence-corrected chi connectivity index (χ1v) is 7.75. The van der Waals surface area contributed by atoms with E-state index in [4.69, 9.17) is 6.42 Å². The predicted octanol–water partition coefficient (Wildman–Crippen LogP) is 3.39. The summed E-state index contributed by atoms with van der Waals surface area (Å²) in [6.07, 6.45) is 6.90. The molecule has 1 unspecified atom stereocenters. The van der Waals surface area contributed by atoms with Crippen LogP contribution in [-0.4, -0.2) is 13.7 Å². The van der Waals surface area contributed by atoms with Gasteiger partial charge in [-0.1, -0.05) is 19.1 Å². The van der Waals surface area contributed by atoms with E-state index in [1.807, 2.05) is 6.07 Å². The molecule has 0 heterocycles. The Morgan fingerprint density at radius 2 is 2.00 bits per heavy atom. The van der Waals surface area contributed by atoms with E-state index in [0.29, 0.717) is 11.3 Å². The summed E-state index contributed by atoms with van der Waals surface area (Å²) in [7, 11) is -3.21. The summed E-state index contributed by atoms with van der Waals surface area (Å²) in [5.74, 6) is 2.88. The number of rotatable bonds is 5. The van der Waals surface area contributed by atoms with Crippen LogP contribution in [0, 0.1) is 12.3 Å². The van der Waals surface area contributed by atoms with Crippen LogP contribution in [0.15, 0.2) is 29.2 Å². The molecule has 98 valence electrons. The first kappa shape index (κ1) is 14.8. The van der Waals surface area contributed by atoms with Crippen LogP contribution in [0.3, 0.4) is 0 Å². The minimum atomic E-state index is -3.21. The van der Waals surface area contributed by atoms with E-state index in [1.165, 1.54) is 0 Å². The van der Waals surface area contributed by atoms with E-state index >= 15 is 0 Å². The molecular weight excluding hydrogens is 244 g/mol. The molecule has 0 fully saturated rings. The molecule has 2 nitrogen and oxygen atoms in total. The molecule has 0 aliphatic rings. The van der Waals surface area contributed by atoms with E-state index in [0.717, 1.165) is 12.0 Å². The Morgan fingerprint density at radius 3 is 2.50 bits per heavy atom. The van der Waals surface area contributed by atoms with Crippen molar-refractivity contribution in [2.24, 2.45) is 0 Å². The molecule has 0 saturated heterocycles. The highest BCUT2D eigenvalue weighted by atomic mass is 32.2. The number of hydrogen-bond donors (Lipinski definition) is 0. The highest BCUT2D eigenvalue weighted by molar-refractivity contribution is 7.92. The van der Waals surface area contributed by atoms with E-state index in [9.17, 15) is 8.42 Å². The molecular formula is C15H20O2S. The van der Waals surface area contributed by atoms with Gasteiger partial charge in [0.25, 0.3) is 0 Å². The van der Waals surface area contributed by atoms with Crippen LogP contribution >= 0.6 is 0 Å². The second kappa shape index (κ2) is 6.06. The van der Waals surface area contributed by atoms with Gasteiger partial charge in [0.05, 0.1) is 10.1 Å². The summed E-state index contributed by atoms with van der Waals surface area (Å²) in [6, 6.07) is 7.16. The molecule has 0 aromatic heterocycles. The van der Waals surface area contributed by atoms with Crippen LogP contribution < -0.4 is 0 Å². The van der Waals surface area contributed by atoms with E-state index in [2.05, 4.69) is 12.8 Å². The molecule has 1 aromatic rings. The lowest BCUT2D eigenvalue weighted by Crippen LogP contribution is -2.14. The zero-order valence-corrected chi connectivity index (χ0v) is 12.0. The van der Waals surface area contributed by atoms with Crippen molar-refractivity contribution < 1.29 is 8.42 Å². The summed E-state index contributed by atoms with van der Waals surface area (Å²) >= 11 is 0.